The minimum absolute atomic E-state index is 0.0787. The second-order valence-corrected chi connectivity index (χ2v) is 11.2. The van der Waals surface area contributed by atoms with Gasteiger partial charge in [-0.05, 0) is 49.4 Å². The molecule has 0 aromatic heterocycles. The van der Waals surface area contributed by atoms with Crippen LogP contribution in [0.4, 0.5) is 13.2 Å². The SMILES string of the molecule is CCC1(CC)CN(Cc2ccc(OC(F)F)cc2)CCC1(O)c1ccc2c(c1F)CN(C1CCC(=O)NC1=O)C2=O. The van der Waals surface area contributed by atoms with E-state index in [4.69, 9.17) is 0 Å². The first-order chi connectivity index (χ1) is 19.5. The average molecular weight is 574 g/mol. The van der Waals surface area contributed by atoms with Crippen molar-refractivity contribution in [3.63, 3.8) is 0 Å². The number of alkyl halides is 2. The molecule has 0 aliphatic carbocycles. The standard InChI is InChI=1S/C30H34F3N3O5/c1-3-29(4-2)17-35(15-18-5-7-19(8-6-18)41-28(32)33)14-13-30(29,40)22-10-9-20-21(25(22)31)16-36(27(20)39)23-11-12-24(37)34-26(23)38/h5-10,23,28,40H,3-4,11-17H2,1-2H3,(H,34,37,38). The number of amides is 3. The average Bonchev–Trinajstić information content (AvgIpc) is 3.27. The predicted octanol–water partition coefficient (Wildman–Crippen LogP) is 4.09. The van der Waals surface area contributed by atoms with Crippen molar-refractivity contribution >= 4 is 17.7 Å². The summed E-state index contributed by atoms with van der Waals surface area (Å²) in [5.41, 5.74) is -0.855. The Hall–Kier alpha value is -3.44. The number of imide groups is 1. The number of fused-ring (bicyclic) bond motifs is 1. The third-order valence-electron chi connectivity index (χ3n) is 9.20. The summed E-state index contributed by atoms with van der Waals surface area (Å²) in [5, 5.41) is 14.5. The van der Waals surface area contributed by atoms with Gasteiger partial charge < -0.3 is 14.7 Å². The van der Waals surface area contributed by atoms with Gasteiger partial charge in [0.05, 0.1) is 6.54 Å². The Labute approximate surface area is 236 Å². The Kier molecular flexibility index (Phi) is 7.86. The van der Waals surface area contributed by atoms with Crippen LogP contribution in [0.25, 0.3) is 0 Å². The molecule has 41 heavy (non-hydrogen) atoms. The quantitative estimate of drug-likeness (QED) is 0.462. The summed E-state index contributed by atoms with van der Waals surface area (Å²) in [6.07, 6.45) is 1.66. The topological polar surface area (TPSA) is 99.2 Å². The van der Waals surface area contributed by atoms with Crippen LogP contribution in [0.3, 0.4) is 0 Å². The first-order valence-electron chi connectivity index (χ1n) is 14.0. The number of carbonyl (C=O) groups is 3. The van der Waals surface area contributed by atoms with Crippen LogP contribution in [0.15, 0.2) is 36.4 Å². The van der Waals surface area contributed by atoms with Crippen molar-refractivity contribution in [3.8, 4) is 5.75 Å². The molecule has 5 rings (SSSR count). The number of hydrogen-bond acceptors (Lipinski definition) is 6. The van der Waals surface area contributed by atoms with E-state index >= 15 is 4.39 Å². The zero-order valence-corrected chi connectivity index (χ0v) is 23.1. The van der Waals surface area contributed by atoms with Crippen LogP contribution < -0.4 is 10.1 Å². The fraction of sp³-hybridized carbons (Fsp3) is 0.500. The number of hydrogen-bond donors (Lipinski definition) is 2. The molecule has 2 saturated heterocycles. The smallest absolute Gasteiger partial charge is 0.387 e. The van der Waals surface area contributed by atoms with Crippen molar-refractivity contribution in [3.05, 3.63) is 64.5 Å². The van der Waals surface area contributed by atoms with E-state index in [2.05, 4.69) is 15.0 Å². The number of carbonyl (C=O) groups excluding carboxylic acids is 3. The maximum Gasteiger partial charge on any atom is 0.387 e. The molecule has 8 nitrogen and oxygen atoms in total. The van der Waals surface area contributed by atoms with Gasteiger partial charge in [0.2, 0.25) is 11.8 Å². The minimum Gasteiger partial charge on any atom is -0.435 e. The van der Waals surface area contributed by atoms with Crippen LogP contribution in [0.2, 0.25) is 0 Å². The first kappa shape index (κ1) is 29.1. The fourth-order valence-corrected chi connectivity index (χ4v) is 6.79. The second-order valence-electron chi connectivity index (χ2n) is 11.2. The van der Waals surface area contributed by atoms with Gasteiger partial charge in [-0.25, -0.2) is 4.39 Å². The molecule has 0 bridgehead atoms. The van der Waals surface area contributed by atoms with Gasteiger partial charge in [0, 0.05) is 48.2 Å². The molecule has 2 fully saturated rings. The van der Waals surface area contributed by atoms with Gasteiger partial charge in [0.25, 0.3) is 5.91 Å². The lowest BCUT2D eigenvalue weighted by molar-refractivity contribution is -0.150. The molecule has 3 heterocycles. The van der Waals surface area contributed by atoms with Crippen molar-refractivity contribution in [2.45, 2.75) is 77.3 Å². The van der Waals surface area contributed by atoms with Gasteiger partial charge >= 0.3 is 6.61 Å². The molecule has 11 heteroatoms. The maximum absolute atomic E-state index is 16.3. The molecule has 0 radical (unpaired) electrons. The Morgan fingerprint density at radius 3 is 2.44 bits per heavy atom. The van der Waals surface area contributed by atoms with Crippen molar-refractivity contribution in [2.24, 2.45) is 5.41 Å². The molecule has 3 amide bonds. The summed E-state index contributed by atoms with van der Waals surface area (Å²) in [4.78, 5) is 40.6. The van der Waals surface area contributed by atoms with Crippen molar-refractivity contribution in [1.29, 1.82) is 0 Å². The molecule has 2 aromatic rings. The monoisotopic (exact) mass is 573 g/mol. The Balaban J connectivity index is 1.39. The van der Waals surface area contributed by atoms with Gasteiger partial charge in [-0.3, -0.25) is 24.6 Å². The van der Waals surface area contributed by atoms with Crippen molar-refractivity contribution < 1.29 is 37.4 Å². The molecular formula is C30H34F3N3O5. The maximum atomic E-state index is 16.3. The molecule has 3 aliphatic rings. The third kappa shape index (κ3) is 5.10. The Morgan fingerprint density at radius 2 is 1.80 bits per heavy atom. The molecule has 2 atom stereocenters. The molecule has 220 valence electrons. The van der Waals surface area contributed by atoms with Crippen LogP contribution in [0.5, 0.6) is 5.75 Å². The van der Waals surface area contributed by atoms with E-state index in [-0.39, 0.29) is 48.2 Å². The summed E-state index contributed by atoms with van der Waals surface area (Å²) in [6.45, 7) is 2.39. The number of rotatable bonds is 8. The molecule has 3 aliphatic heterocycles. The van der Waals surface area contributed by atoms with Crippen LogP contribution in [-0.2, 0) is 28.3 Å². The zero-order valence-electron chi connectivity index (χ0n) is 23.1. The first-order valence-corrected chi connectivity index (χ1v) is 14.0. The lowest BCUT2D eigenvalue weighted by Crippen LogP contribution is -2.57. The van der Waals surface area contributed by atoms with Crippen LogP contribution in [0.1, 0.15) is 73.0 Å². The number of halogens is 3. The number of nitrogens with one attached hydrogen (secondary N) is 1. The van der Waals surface area contributed by atoms with E-state index in [0.717, 1.165) is 5.56 Å². The van der Waals surface area contributed by atoms with Crippen LogP contribution in [-0.4, -0.2) is 58.4 Å². The van der Waals surface area contributed by atoms with Gasteiger partial charge in [-0.1, -0.05) is 32.0 Å². The van der Waals surface area contributed by atoms with Crippen LogP contribution >= 0.6 is 0 Å². The van der Waals surface area contributed by atoms with E-state index in [1.807, 2.05) is 13.8 Å². The van der Waals surface area contributed by atoms with E-state index in [9.17, 15) is 28.3 Å². The summed E-state index contributed by atoms with van der Waals surface area (Å²) in [5.74, 6) is -1.99. The lowest BCUT2D eigenvalue weighted by Gasteiger charge is -2.54. The normalized spacial score (nSPS) is 24.5. The molecule has 0 spiro atoms. The highest BCUT2D eigenvalue weighted by molar-refractivity contribution is 6.05. The number of likely N-dealkylation sites (tertiary alicyclic amines) is 1. The number of aliphatic hydroxyl groups is 1. The minimum atomic E-state index is -2.89. The van der Waals surface area contributed by atoms with E-state index in [1.165, 1.54) is 29.2 Å². The van der Waals surface area contributed by atoms with E-state index in [1.54, 1.807) is 12.1 Å². The molecule has 2 unspecified atom stereocenters. The number of benzene rings is 2. The molecule has 0 saturated carbocycles. The molecule has 2 N–H and O–H groups in total. The van der Waals surface area contributed by atoms with Gasteiger partial charge in [0.1, 0.15) is 23.2 Å². The molecule has 2 aromatic carbocycles. The summed E-state index contributed by atoms with van der Waals surface area (Å²) >= 11 is 0. The van der Waals surface area contributed by atoms with E-state index < -0.39 is 47.2 Å². The number of piperidine rings is 2. The highest BCUT2D eigenvalue weighted by atomic mass is 19.3. The summed E-state index contributed by atoms with van der Waals surface area (Å²) in [7, 11) is 0. The highest BCUT2D eigenvalue weighted by Gasteiger charge is 2.54. The summed E-state index contributed by atoms with van der Waals surface area (Å²) in [6, 6.07) is 8.61. The Morgan fingerprint density at radius 1 is 1.10 bits per heavy atom. The number of ether oxygens (including phenoxy) is 1. The van der Waals surface area contributed by atoms with E-state index in [0.29, 0.717) is 32.5 Å². The highest BCUT2D eigenvalue weighted by Crippen LogP contribution is 2.52. The van der Waals surface area contributed by atoms with Gasteiger partial charge in [0.15, 0.2) is 0 Å². The van der Waals surface area contributed by atoms with Gasteiger partial charge in [-0.15, -0.1) is 0 Å². The fourth-order valence-electron chi connectivity index (χ4n) is 6.79. The Bertz CT molecular complexity index is 1350. The second kappa shape index (κ2) is 11.1. The molecular weight excluding hydrogens is 539 g/mol. The predicted molar refractivity (Wildman–Crippen MR) is 142 cm³/mol. The number of nitrogens with zero attached hydrogens (tertiary/aromatic N) is 2. The van der Waals surface area contributed by atoms with Crippen LogP contribution in [0, 0.1) is 11.2 Å². The summed E-state index contributed by atoms with van der Waals surface area (Å²) < 4.78 is 45.7. The third-order valence-corrected chi connectivity index (χ3v) is 9.20. The largest absolute Gasteiger partial charge is 0.435 e. The van der Waals surface area contributed by atoms with Gasteiger partial charge in [-0.2, -0.15) is 8.78 Å². The van der Waals surface area contributed by atoms with Crippen molar-refractivity contribution in [2.75, 3.05) is 13.1 Å². The lowest BCUT2D eigenvalue weighted by atomic mass is 9.61. The zero-order chi connectivity index (χ0) is 29.5. The van der Waals surface area contributed by atoms with Crippen molar-refractivity contribution in [1.82, 2.24) is 15.1 Å².